The van der Waals surface area contributed by atoms with Crippen molar-refractivity contribution in [1.29, 1.82) is 0 Å². The first-order valence-electron chi connectivity index (χ1n) is 7.80. The number of rotatable bonds is 7. The van der Waals surface area contributed by atoms with Crippen LogP contribution in [0.1, 0.15) is 39.0 Å². The van der Waals surface area contributed by atoms with Crippen molar-refractivity contribution in [1.82, 2.24) is 15.1 Å². The van der Waals surface area contributed by atoms with Gasteiger partial charge < -0.3 is 20.2 Å². The molecule has 2 amide bonds. The van der Waals surface area contributed by atoms with Crippen LogP contribution in [0.5, 0.6) is 0 Å². The van der Waals surface area contributed by atoms with Crippen LogP contribution < -0.4 is 5.32 Å². The van der Waals surface area contributed by atoms with Crippen LogP contribution in [-0.2, 0) is 4.79 Å². The Morgan fingerprint density at radius 1 is 1.33 bits per heavy atom. The molecule has 1 atom stereocenters. The Labute approximate surface area is 127 Å². The number of hydrogen-bond acceptors (Lipinski definition) is 3. The zero-order chi connectivity index (χ0) is 15.8. The van der Waals surface area contributed by atoms with Crippen LogP contribution in [0.3, 0.4) is 0 Å². The van der Waals surface area contributed by atoms with E-state index >= 15 is 0 Å². The molecular weight excluding hydrogens is 270 g/mol. The number of likely N-dealkylation sites (tertiary alicyclic amines) is 1. The number of carbonyl (C=O) groups excluding carboxylic acids is 1. The molecule has 1 saturated heterocycles. The fourth-order valence-electron chi connectivity index (χ4n) is 2.77. The van der Waals surface area contributed by atoms with E-state index in [-0.39, 0.29) is 18.5 Å². The van der Waals surface area contributed by atoms with Crippen molar-refractivity contribution < 1.29 is 14.7 Å². The second-order valence-electron chi connectivity index (χ2n) is 6.33. The van der Waals surface area contributed by atoms with Gasteiger partial charge >= 0.3 is 12.0 Å². The van der Waals surface area contributed by atoms with Crippen molar-refractivity contribution in [3.63, 3.8) is 0 Å². The lowest BCUT2D eigenvalue weighted by Gasteiger charge is -2.33. The van der Waals surface area contributed by atoms with Crippen LogP contribution in [0, 0.1) is 5.92 Å². The van der Waals surface area contributed by atoms with Gasteiger partial charge in [-0.05, 0) is 52.6 Å². The van der Waals surface area contributed by atoms with E-state index in [4.69, 9.17) is 5.11 Å². The van der Waals surface area contributed by atoms with E-state index in [1.807, 2.05) is 11.8 Å². The van der Waals surface area contributed by atoms with Crippen LogP contribution in [0.25, 0.3) is 0 Å². The maximum atomic E-state index is 12.1. The normalized spacial score (nSPS) is 17.8. The Morgan fingerprint density at radius 3 is 2.48 bits per heavy atom. The van der Waals surface area contributed by atoms with Crippen molar-refractivity contribution >= 4 is 12.0 Å². The average molecular weight is 299 g/mol. The molecule has 1 fully saturated rings. The minimum absolute atomic E-state index is 0.0128. The minimum Gasteiger partial charge on any atom is -0.481 e. The number of carboxylic acid groups (broad SMARTS) is 1. The maximum absolute atomic E-state index is 12.1. The summed E-state index contributed by atoms with van der Waals surface area (Å²) >= 11 is 0. The molecule has 21 heavy (non-hydrogen) atoms. The van der Waals surface area contributed by atoms with Gasteiger partial charge in [-0.2, -0.15) is 0 Å². The topological polar surface area (TPSA) is 72.9 Å². The summed E-state index contributed by atoms with van der Waals surface area (Å²) in [6.45, 7) is 4.64. The quantitative estimate of drug-likeness (QED) is 0.749. The molecule has 0 saturated carbocycles. The van der Waals surface area contributed by atoms with Crippen molar-refractivity contribution in [3.05, 3.63) is 0 Å². The van der Waals surface area contributed by atoms with E-state index in [9.17, 15) is 9.59 Å². The molecule has 0 spiro atoms. The maximum Gasteiger partial charge on any atom is 0.317 e. The molecule has 0 aliphatic carbocycles. The first kappa shape index (κ1) is 17.8. The number of carbonyl (C=O) groups is 2. The number of carboxylic acids is 1. The Balaban J connectivity index is 2.22. The van der Waals surface area contributed by atoms with Crippen molar-refractivity contribution in [2.45, 2.75) is 45.1 Å². The van der Waals surface area contributed by atoms with E-state index in [2.05, 4.69) is 24.3 Å². The summed E-state index contributed by atoms with van der Waals surface area (Å²) in [5.74, 6) is -0.103. The summed E-state index contributed by atoms with van der Waals surface area (Å²) < 4.78 is 0. The molecule has 1 unspecified atom stereocenters. The largest absolute Gasteiger partial charge is 0.481 e. The number of urea groups is 1. The SMILES string of the molecule is CC(CCCC(=O)O)NC(=O)N1CCC(CN(C)C)CC1. The number of nitrogens with one attached hydrogen (secondary N) is 1. The summed E-state index contributed by atoms with van der Waals surface area (Å²) in [5, 5.41) is 11.6. The summed E-state index contributed by atoms with van der Waals surface area (Å²) in [5.41, 5.74) is 0. The van der Waals surface area contributed by atoms with Gasteiger partial charge in [0.05, 0.1) is 0 Å². The van der Waals surface area contributed by atoms with Gasteiger partial charge in [-0.25, -0.2) is 4.79 Å². The Hall–Kier alpha value is -1.30. The number of hydrogen-bond donors (Lipinski definition) is 2. The number of aliphatic carboxylic acids is 1. The highest BCUT2D eigenvalue weighted by molar-refractivity contribution is 5.74. The predicted molar refractivity (Wildman–Crippen MR) is 82.3 cm³/mol. The zero-order valence-corrected chi connectivity index (χ0v) is 13.5. The van der Waals surface area contributed by atoms with E-state index in [1.54, 1.807) is 0 Å². The second-order valence-corrected chi connectivity index (χ2v) is 6.33. The lowest BCUT2D eigenvalue weighted by atomic mass is 9.96. The zero-order valence-electron chi connectivity index (χ0n) is 13.5. The summed E-state index contributed by atoms with van der Waals surface area (Å²) in [4.78, 5) is 26.7. The first-order valence-corrected chi connectivity index (χ1v) is 7.80. The molecule has 6 heteroatoms. The van der Waals surface area contributed by atoms with Gasteiger partial charge in [-0.1, -0.05) is 0 Å². The van der Waals surface area contributed by atoms with Gasteiger partial charge in [-0.15, -0.1) is 0 Å². The number of nitrogens with zero attached hydrogens (tertiary/aromatic N) is 2. The fraction of sp³-hybridized carbons (Fsp3) is 0.867. The van der Waals surface area contributed by atoms with Gasteiger partial charge in [0.15, 0.2) is 0 Å². The molecule has 2 N–H and O–H groups in total. The molecule has 6 nitrogen and oxygen atoms in total. The molecule has 122 valence electrons. The van der Waals surface area contributed by atoms with Gasteiger partial charge in [-0.3, -0.25) is 4.79 Å². The highest BCUT2D eigenvalue weighted by atomic mass is 16.4. The fourth-order valence-corrected chi connectivity index (χ4v) is 2.77. The molecule has 1 aliphatic heterocycles. The van der Waals surface area contributed by atoms with Crippen LogP contribution in [0.4, 0.5) is 4.79 Å². The van der Waals surface area contributed by atoms with Crippen molar-refractivity contribution in [2.75, 3.05) is 33.7 Å². The second kappa shape index (κ2) is 8.87. The summed E-state index contributed by atoms with van der Waals surface area (Å²) in [7, 11) is 4.16. The van der Waals surface area contributed by atoms with Gasteiger partial charge in [0.2, 0.25) is 0 Å². The van der Waals surface area contributed by atoms with Crippen molar-refractivity contribution in [3.8, 4) is 0 Å². The van der Waals surface area contributed by atoms with Crippen LogP contribution >= 0.6 is 0 Å². The Bertz CT molecular complexity index is 339. The third-order valence-corrected chi connectivity index (χ3v) is 3.92. The molecule has 0 aromatic rings. The molecule has 1 heterocycles. The monoisotopic (exact) mass is 299 g/mol. The highest BCUT2D eigenvalue weighted by Crippen LogP contribution is 2.17. The average Bonchev–Trinajstić information content (AvgIpc) is 2.38. The predicted octanol–water partition coefficient (Wildman–Crippen LogP) is 1.61. The van der Waals surface area contributed by atoms with Gasteiger partial charge in [0.1, 0.15) is 0 Å². The van der Waals surface area contributed by atoms with Gasteiger partial charge in [0, 0.05) is 32.1 Å². The van der Waals surface area contributed by atoms with E-state index < -0.39 is 5.97 Å². The molecule has 0 aromatic carbocycles. The minimum atomic E-state index is -0.781. The smallest absolute Gasteiger partial charge is 0.317 e. The number of piperidine rings is 1. The number of amides is 2. The third-order valence-electron chi connectivity index (χ3n) is 3.92. The Morgan fingerprint density at radius 2 is 1.95 bits per heavy atom. The van der Waals surface area contributed by atoms with Crippen molar-refractivity contribution in [2.24, 2.45) is 5.92 Å². The van der Waals surface area contributed by atoms with E-state index in [1.165, 1.54) is 0 Å². The third kappa shape index (κ3) is 7.32. The van der Waals surface area contributed by atoms with E-state index in [0.717, 1.165) is 32.5 Å². The molecule has 0 bridgehead atoms. The lowest BCUT2D eigenvalue weighted by molar-refractivity contribution is -0.137. The highest BCUT2D eigenvalue weighted by Gasteiger charge is 2.23. The molecule has 1 aliphatic rings. The molecular formula is C15H29N3O3. The molecule has 1 rings (SSSR count). The van der Waals surface area contributed by atoms with Crippen LogP contribution in [-0.4, -0.2) is 66.7 Å². The molecule has 0 aromatic heterocycles. The van der Waals surface area contributed by atoms with Crippen LogP contribution in [0.2, 0.25) is 0 Å². The lowest BCUT2D eigenvalue weighted by Crippen LogP contribution is -2.48. The summed E-state index contributed by atoms with van der Waals surface area (Å²) in [6.07, 6.45) is 3.57. The van der Waals surface area contributed by atoms with E-state index in [0.29, 0.717) is 18.8 Å². The summed E-state index contributed by atoms with van der Waals surface area (Å²) in [6, 6.07) is 0.0116. The standard InChI is InChI=1S/C15H29N3O3/c1-12(5-4-6-14(19)20)16-15(21)18-9-7-13(8-10-18)11-17(2)3/h12-13H,4-11H2,1-3H3,(H,16,21)(H,19,20). The van der Waals surface area contributed by atoms with Crippen LogP contribution in [0.15, 0.2) is 0 Å². The Kier molecular flexibility index (Phi) is 7.50. The molecule has 0 radical (unpaired) electrons. The first-order chi connectivity index (χ1) is 9.88. The van der Waals surface area contributed by atoms with Gasteiger partial charge in [0.25, 0.3) is 0 Å².